The van der Waals surface area contributed by atoms with Gasteiger partial charge in [-0.1, -0.05) is 34.1 Å². The maximum absolute atomic E-state index is 4.77. The van der Waals surface area contributed by atoms with E-state index in [1.165, 1.54) is 10.3 Å². The van der Waals surface area contributed by atoms with Gasteiger partial charge in [0.1, 0.15) is 10.8 Å². The molecule has 0 saturated heterocycles. The molecule has 0 radical (unpaired) electrons. The summed E-state index contributed by atoms with van der Waals surface area (Å²) in [5.74, 6) is 0.849. The lowest BCUT2D eigenvalue weighted by molar-refractivity contribution is 1.34. The van der Waals surface area contributed by atoms with Crippen LogP contribution in [0.25, 0.3) is 31.6 Å². The fourth-order valence-corrected chi connectivity index (χ4v) is 4.82. The Hall–Kier alpha value is -2.76. The van der Waals surface area contributed by atoms with Crippen LogP contribution in [0.4, 0.5) is 11.5 Å². The molecule has 2 aromatic heterocycles. The van der Waals surface area contributed by atoms with Crippen LogP contribution >= 0.6 is 27.3 Å². The molecule has 5 heteroatoms. The van der Waals surface area contributed by atoms with Gasteiger partial charge in [0.25, 0.3) is 0 Å². The molecule has 0 saturated carbocycles. The van der Waals surface area contributed by atoms with Crippen molar-refractivity contribution >= 4 is 59.8 Å². The maximum atomic E-state index is 4.77. The molecule has 0 aliphatic heterocycles. The molecule has 0 fully saturated rings. The molecule has 0 aliphatic rings. The third-order valence-corrected chi connectivity index (χ3v) is 6.45. The van der Waals surface area contributed by atoms with E-state index < -0.39 is 0 Å². The van der Waals surface area contributed by atoms with E-state index in [4.69, 9.17) is 4.98 Å². The monoisotopic (exact) mass is 445 g/mol. The van der Waals surface area contributed by atoms with E-state index in [1.54, 1.807) is 11.3 Å². The fraction of sp³-hybridized carbons (Fsp3) is 0.0435. The highest BCUT2D eigenvalue weighted by molar-refractivity contribution is 9.10. The standard InChI is InChI=1S/C23H16BrN3S/c1-14-5-10-20-21(13-14)28-23(27-20)15-6-8-16(9-7-15)26-22-18-3-2-4-19(24)17(18)11-12-25-22/h2-13H,1H3,(H,25,26). The van der Waals surface area contributed by atoms with Gasteiger partial charge in [-0.3, -0.25) is 0 Å². The number of nitrogens with one attached hydrogen (secondary N) is 1. The first-order chi connectivity index (χ1) is 13.7. The predicted molar refractivity (Wildman–Crippen MR) is 123 cm³/mol. The molecular formula is C23H16BrN3S. The Labute approximate surface area is 175 Å². The summed E-state index contributed by atoms with van der Waals surface area (Å²) in [4.78, 5) is 9.29. The Kier molecular flexibility index (Phi) is 4.34. The van der Waals surface area contributed by atoms with Crippen LogP contribution in [0.15, 0.2) is 77.4 Å². The van der Waals surface area contributed by atoms with Crippen LogP contribution in [0.5, 0.6) is 0 Å². The van der Waals surface area contributed by atoms with E-state index in [-0.39, 0.29) is 0 Å². The summed E-state index contributed by atoms with van der Waals surface area (Å²) in [6.45, 7) is 2.11. The number of rotatable bonds is 3. The van der Waals surface area contributed by atoms with Crippen molar-refractivity contribution in [1.82, 2.24) is 9.97 Å². The Bertz CT molecular complexity index is 1310. The van der Waals surface area contributed by atoms with Crippen molar-refractivity contribution in [3.8, 4) is 10.6 Å². The number of benzene rings is 3. The van der Waals surface area contributed by atoms with Gasteiger partial charge in [-0.05, 0) is 61.0 Å². The molecule has 5 rings (SSSR count). The van der Waals surface area contributed by atoms with Crippen molar-refractivity contribution < 1.29 is 0 Å². The van der Waals surface area contributed by atoms with Crippen LogP contribution < -0.4 is 5.32 Å². The summed E-state index contributed by atoms with van der Waals surface area (Å²) in [6, 6.07) is 22.9. The van der Waals surface area contributed by atoms with E-state index in [9.17, 15) is 0 Å². The van der Waals surface area contributed by atoms with Crippen LogP contribution in [0.3, 0.4) is 0 Å². The Morgan fingerprint density at radius 3 is 2.64 bits per heavy atom. The van der Waals surface area contributed by atoms with Gasteiger partial charge in [-0.15, -0.1) is 11.3 Å². The summed E-state index contributed by atoms with van der Waals surface area (Å²) in [5, 5.41) is 6.70. The largest absolute Gasteiger partial charge is 0.340 e. The molecule has 0 spiro atoms. The first kappa shape index (κ1) is 17.3. The Morgan fingerprint density at radius 1 is 0.929 bits per heavy atom. The number of nitrogens with zero attached hydrogens (tertiary/aromatic N) is 2. The predicted octanol–water partition coefficient (Wildman–Crippen LogP) is 7.33. The molecule has 136 valence electrons. The van der Waals surface area contributed by atoms with Gasteiger partial charge in [-0.2, -0.15) is 0 Å². The number of anilines is 2. The normalized spacial score (nSPS) is 11.2. The third kappa shape index (κ3) is 3.17. The van der Waals surface area contributed by atoms with E-state index in [0.717, 1.165) is 42.8 Å². The summed E-state index contributed by atoms with van der Waals surface area (Å²) >= 11 is 5.34. The zero-order valence-corrected chi connectivity index (χ0v) is 17.5. The summed E-state index contributed by atoms with van der Waals surface area (Å²) in [5.41, 5.74) is 4.44. The average molecular weight is 446 g/mol. The second-order valence-corrected chi connectivity index (χ2v) is 8.57. The highest BCUT2D eigenvalue weighted by Crippen LogP contribution is 2.33. The lowest BCUT2D eigenvalue weighted by atomic mass is 10.1. The molecule has 0 unspecified atom stereocenters. The SMILES string of the molecule is Cc1ccc2nc(-c3ccc(Nc4nccc5c(Br)cccc45)cc3)sc2c1. The Morgan fingerprint density at radius 2 is 1.79 bits per heavy atom. The molecule has 3 aromatic carbocycles. The molecule has 0 aliphatic carbocycles. The quantitative estimate of drug-likeness (QED) is 0.315. The topological polar surface area (TPSA) is 37.8 Å². The molecule has 0 bridgehead atoms. The van der Waals surface area contributed by atoms with E-state index in [0.29, 0.717) is 0 Å². The van der Waals surface area contributed by atoms with Crippen molar-refractivity contribution in [3.05, 3.63) is 83.0 Å². The highest BCUT2D eigenvalue weighted by atomic mass is 79.9. The summed E-state index contributed by atoms with van der Waals surface area (Å²) < 4.78 is 2.29. The van der Waals surface area contributed by atoms with Crippen molar-refractivity contribution in [2.45, 2.75) is 6.92 Å². The molecule has 2 heterocycles. The Balaban J connectivity index is 1.46. The van der Waals surface area contributed by atoms with Crippen molar-refractivity contribution in [2.75, 3.05) is 5.32 Å². The summed E-state index contributed by atoms with van der Waals surface area (Å²) in [7, 11) is 0. The average Bonchev–Trinajstić information content (AvgIpc) is 3.12. The molecule has 3 nitrogen and oxygen atoms in total. The number of halogens is 1. The molecule has 0 atom stereocenters. The molecule has 5 aromatic rings. The minimum atomic E-state index is 0.849. The molecular weight excluding hydrogens is 430 g/mol. The molecule has 28 heavy (non-hydrogen) atoms. The fourth-order valence-electron chi connectivity index (χ4n) is 3.26. The number of hydrogen-bond donors (Lipinski definition) is 1. The zero-order chi connectivity index (χ0) is 19.1. The number of hydrogen-bond acceptors (Lipinski definition) is 4. The number of aryl methyl sites for hydroxylation is 1. The number of aromatic nitrogens is 2. The van der Waals surface area contributed by atoms with Gasteiger partial charge in [0, 0.05) is 32.7 Å². The van der Waals surface area contributed by atoms with Crippen LogP contribution in [0, 0.1) is 6.92 Å². The minimum absolute atomic E-state index is 0.849. The van der Waals surface area contributed by atoms with Gasteiger partial charge in [0.05, 0.1) is 10.2 Å². The van der Waals surface area contributed by atoms with Gasteiger partial charge < -0.3 is 5.32 Å². The first-order valence-corrected chi connectivity index (χ1v) is 10.6. The molecule has 0 amide bonds. The maximum Gasteiger partial charge on any atom is 0.138 e. The van der Waals surface area contributed by atoms with Crippen LogP contribution in [-0.2, 0) is 0 Å². The van der Waals surface area contributed by atoms with Gasteiger partial charge in [0.2, 0.25) is 0 Å². The van der Waals surface area contributed by atoms with Gasteiger partial charge in [0.15, 0.2) is 0 Å². The van der Waals surface area contributed by atoms with E-state index in [1.807, 2.05) is 24.4 Å². The first-order valence-electron chi connectivity index (χ1n) is 8.95. The lowest BCUT2D eigenvalue weighted by Gasteiger charge is -2.10. The minimum Gasteiger partial charge on any atom is -0.340 e. The van der Waals surface area contributed by atoms with Crippen molar-refractivity contribution in [3.63, 3.8) is 0 Å². The van der Waals surface area contributed by atoms with Crippen LogP contribution in [0.1, 0.15) is 5.56 Å². The zero-order valence-electron chi connectivity index (χ0n) is 15.1. The number of thiazole rings is 1. The number of pyridine rings is 1. The van der Waals surface area contributed by atoms with Crippen LogP contribution in [-0.4, -0.2) is 9.97 Å². The second kappa shape index (κ2) is 7.00. The third-order valence-electron chi connectivity index (χ3n) is 4.69. The van der Waals surface area contributed by atoms with Gasteiger partial charge >= 0.3 is 0 Å². The summed E-state index contributed by atoms with van der Waals surface area (Å²) in [6.07, 6.45) is 1.83. The second-order valence-electron chi connectivity index (χ2n) is 6.69. The lowest BCUT2D eigenvalue weighted by Crippen LogP contribution is -1.94. The smallest absolute Gasteiger partial charge is 0.138 e. The molecule has 1 N–H and O–H groups in total. The van der Waals surface area contributed by atoms with Crippen molar-refractivity contribution in [2.24, 2.45) is 0 Å². The van der Waals surface area contributed by atoms with E-state index >= 15 is 0 Å². The van der Waals surface area contributed by atoms with E-state index in [2.05, 4.69) is 81.7 Å². The number of fused-ring (bicyclic) bond motifs is 2. The highest BCUT2D eigenvalue weighted by Gasteiger charge is 2.08. The van der Waals surface area contributed by atoms with Gasteiger partial charge in [-0.25, -0.2) is 9.97 Å². The van der Waals surface area contributed by atoms with Crippen molar-refractivity contribution in [1.29, 1.82) is 0 Å². The van der Waals surface area contributed by atoms with Crippen LogP contribution in [0.2, 0.25) is 0 Å².